The van der Waals surface area contributed by atoms with E-state index in [2.05, 4.69) is 0 Å². The number of benzene rings is 1. The van der Waals surface area contributed by atoms with Gasteiger partial charge in [-0.05, 0) is 18.6 Å². The second-order valence-electron chi connectivity index (χ2n) is 3.90. The molecule has 19 heavy (non-hydrogen) atoms. The number of carbonyl (C=O) groups excluding carboxylic acids is 1. The van der Waals surface area contributed by atoms with Crippen LogP contribution >= 0.6 is 11.6 Å². The van der Waals surface area contributed by atoms with Gasteiger partial charge < -0.3 is 9.47 Å². The van der Waals surface area contributed by atoms with E-state index >= 15 is 0 Å². The van der Waals surface area contributed by atoms with E-state index in [4.69, 9.17) is 21.1 Å². The lowest BCUT2D eigenvalue weighted by atomic mass is 10.3. The van der Waals surface area contributed by atoms with E-state index in [9.17, 15) is 13.6 Å². The Morgan fingerprint density at radius 3 is 2.68 bits per heavy atom. The van der Waals surface area contributed by atoms with Crippen molar-refractivity contribution in [3.63, 3.8) is 0 Å². The van der Waals surface area contributed by atoms with Gasteiger partial charge in [-0.25, -0.2) is 8.78 Å². The van der Waals surface area contributed by atoms with Crippen LogP contribution in [-0.4, -0.2) is 24.6 Å². The molecular formula is C13H15ClF2O3. The molecule has 6 heteroatoms. The third-order valence-corrected chi connectivity index (χ3v) is 2.60. The van der Waals surface area contributed by atoms with E-state index in [1.807, 2.05) is 6.92 Å². The molecule has 0 unspecified atom stereocenters. The summed E-state index contributed by atoms with van der Waals surface area (Å²) < 4.78 is 35.9. The fraction of sp³-hybridized carbons (Fsp3) is 0.462. The lowest BCUT2D eigenvalue weighted by Crippen LogP contribution is -2.26. The highest BCUT2D eigenvalue weighted by molar-refractivity contribution is 6.18. The summed E-state index contributed by atoms with van der Waals surface area (Å²) in [4.78, 5) is 11.3. The number of carbonyl (C=O) groups is 1. The van der Waals surface area contributed by atoms with Crippen molar-refractivity contribution >= 4 is 17.6 Å². The fourth-order valence-corrected chi connectivity index (χ4v) is 1.47. The fourth-order valence-electron chi connectivity index (χ4n) is 1.31. The van der Waals surface area contributed by atoms with Gasteiger partial charge in [0.25, 0.3) is 0 Å². The Bertz CT molecular complexity index is 426. The van der Waals surface area contributed by atoms with Crippen LogP contribution in [0.25, 0.3) is 0 Å². The van der Waals surface area contributed by atoms with Crippen LogP contribution in [0.3, 0.4) is 0 Å². The lowest BCUT2D eigenvalue weighted by molar-refractivity contribution is -0.149. The van der Waals surface area contributed by atoms with E-state index in [0.717, 1.165) is 12.1 Å². The van der Waals surface area contributed by atoms with Crippen LogP contribution in [0.1, 0.15) is 19.8 Å². The minimum Gasteiger partial charge on any atom is -0.490 e. The van der Waals surface area contributed by atoms with Gasteiger partial charge in [-0.15, -0.1) is 11.6 Å². The molecule has 0 spiro atoms. The molecule has 3 nitrogen and oxygen atoms in total. The van der Waals surface area contributed by atoms with Gasteiger partial charge in [0.15, 0.2) is 11.6 Å². The lowest BCUT2D eigenvalue weighted by Gasteiger charge is -2.16. The molecule has 1 rings (SSSR count). The van der Waals surface area contributed by atoms with Crippen LogP contribution in [0.2, 0.25) is 0 Å². The van der Waals surface area contributed by atoms with E-state index in [-0.39, 0.29) is 24.2 Å². The first-order chi connectivity index (χ1) is 9.06. The molecule has 0 heterocycles. The molecule has 0 aliphatic heterocycles. The Labute approximate surface area is 115 Å². The van der Waals surface area contributed by atoms with Gasteiger partial charge in [-0.2, -0.15) is 0 Å². The van der Waals surface area contributed by atoms with Crippen molar-refractivity contribution in [2.75, 3.05) is 12.5 Å². The molecule has 0 saturated carbocycles. The van der Waals surface area contributed by atoms with Crippen LogP contribution in [0.5, 0.6) is 5.75 Å². The van der Waals surface area contributed by atoms with Gasteiger partial charge in [0.1, 0.15) is 18.5 Å². The summed E-state index contributed by atoms with van der Waals surface area (Å²) in [5.41, 5.74) is 0. The number of rotatable bonds is 7. The highest BCUT2D eigenvalue weighted by Crippen LogP contribution is 2.16. The average Bonchev–Trinajstić information content (AvgIpc) is 2.38. The predicted molar refractivity (Wildman–Crippen MR) is 67.4 cm³/mol. The first-order valence-electron chi connectivity index (χ1n) is 5.90. The molecule has 0 amide bonds. The molecule has 1 atom stereocenters. The normalized spacial score (nSPS) is 12.0. The van der Waals surface area contributed by atoms with Gasteiger partial charge in [0.05, 0.1) is 5.88 Å². The summed E-state index contributed by atoms with van der Waals surface area (Å²) >= 11 is 5.64. The molecule has 0 aromatic heterocycles. The van der Waals surface area contributed by atoms with Crippen LogP contribution < -0.4 is 4.74 Å². The molecule has 0 fully saturated rings. The first-order valence-corrected chi connectivity index (χ1v) is 6.43. The number of esters is 1. The highest BCUT2D eigenvalue weighted by atomic mass is 35.5. The van der Waals surface area contributed by atoms with Crippen molar-refractivity contribution in [2.45, 2.75) is 25.9 Å². The van der Waals surface area contributed by atoms with Gasteiger partial charge in [-0.1, -0.05) is 6.92 Å². The van der Waals surface area contributed by atoms with Crippen LogP contribution in [0.4, 0.5) is 8.78 Å². The number of alkyl halides is 1. The van der Waals surface area contributed by atoms with Crippen LogP contribution in [-0.2, 0) is 9.53 Å². The number of hydrogen-bond acceptors (Lipinski definition) is 3. The maximum Gasteiger partial charge on any atom is 0.306 e. The van der Waals surface area contributed by atoms with Crippen molar-refractivity contribution in [1.82, 2.24) is 0 Å². The van der Waals surface area contributed by atoms with Gasteiger partial charge in [0, 0.05) is 12.5 Å². The smallest absolute Gasteiger partial charge is 0.306 e. The highest BCUT2D eigenvalue weighted by Gasteiger charge is 2.14. The molecule has 0 saturated heterocycles. The predicted octanol–water partition coefficient (Wildman–Crippen LogP) is 3.29. The van der Waals surface area contributed by atoms with E-state index in [1.165, 1.54) is 6.07 Å². The summed E-state index contributed by atoms with van der Waals surface area (Å²) in [7, 11) is 0. The monoisotopic (exact) mass is 292 g/mol. The molecule has 106 valence electrons. The van der Waals surface area contributed by atoms with Crippen molar-refractivity contribution in [1.29, 1.82) is 0 Å². The zero-order chi connectivity index (χ0) is 14.3. The van der Waals surface area contributed by atoms with Gasteiger partial charge in [-0.3, -0.25) is 4.79 Å². The SMILES string of the molecule is CCCC(=O)O[C@H](CCl)COc1ccc(F)c(F)c1. The first kappa shape index (κ1) is 15.7. The van der Waals surface area contributed by atoms with Gasteiger partial charge in [0.2, 0.25) is 0 Å². The number of halogens is 3. The Balaban J connectivity index is 2.48. The third kappa shape index (κ3) is 5.42. The second-order valence-corrected chi connectivity index (χ2v) is 4.21. The molecule has 0 aliphatic rings. The Kier molecular flexibility index (Phi) is 6.56. The Hall–Kier alpha value is -1.36. The summed E-state index contributed by atoms with van der Waals surface area (Å²) in [5, 5.41) is 0. The Morgan fingerprint density at radius 2 is 2.11 bits per heavy atom. The molecule has 0 aliphatic carbocycles. The zero-order valence-corrected chi connectivity index (χ0v) is 11.3. The summed E-state index contributed by atoms with van der Waals surface area (Å²) in [5.74, 6) is -2.08. The topological polar surface area (TPSA) is 35.5 Å². The Morgan fingerprint density at radius 1 is 1.37 bits per heavy atom. The van der Waals surface area contributed by atoms with Crippen molar-refractivity contribution in [2.24, 2.45) is 0 Å². The quantitative estimate of drug-likeness (QED) is 0.571. The standard InChI is InChI=1S/C13H15ClF2O3/c1-2-3-13(17)19-10(7-14)8-18-9-4-5-11(15)12(16)6-9/h4-6,10H,2-3,7-8H2,1H3/t10-/m1/s1. The summed E-state index contributed by atoms with van der Waals surface area (Å²) in [6.45, 7) is 1.85. The number of ether oxygens (including phenoxy) is 2. The van der Waals surface area contributed by atoms with E-state index < -0.39 is 17.7 Å². The largest absolute Gasteiger partial charge is 0.490 e. The number of hydrogen-bond donors (Lipinski definition) is 0. The van der Waals surface area contributed by atoms with Crippen molar-refractivity contribution < 1.29 is 23.0 Å². The van der Waals surface area contributed by atoms with Gasteiger partial charge >= 0.3 is 5.97 Å². The molecule has 0 radical (unpaired) electrons. The molecule has 0 bridgehead atoms. The van der Waals surface area contributed by atoms with Crippen molar-refractivity contribution in [3.8, 4) is 5.75 Å². The third-order valence-electron chi connectivity index (χ3n) is 2.25. The minimum atomic E-state index is -0.997. The van der Waals surface area contributed by atoms with Crippen LogP contribution in [0.15, 0.2) is 18.2 Å². The maximum absolute atomic E-state index is 12.9. The average molecular weight is 293 g/mol. The molecular weight excluding hydrogens is 278 g/mol. The molecule has 1 aromatic carbocycles. The molecule has 1 aromatic rings. The van der Waals surface area contributed by atoms with E-state index in [0.29, 0.717) is 12.8 Å². The second kappa shape index (κ2) is 7.94. The van der Waals surface area contributed by atoms with Crippen LogP contribution in [0, 0.1) is 11.6 Å². The minimum absolute atomic E-state index is 0.00989. The maximum atomic E-state index is 12.9. The summed E-state index contributed by atoms with van der Waals surface area (Å²) in [6, 6.07) is 3.18. The molecule has 0 N–H and O–H groups in total. The zero-order valence-electron chi connectivity index (χ0n) is 10.5. The van der Waals surface area contributed by atoms with Crippen molar-refractivity contribution in [3.05, 3.63) is 29.8 Å². The van der Waals surface area contributed by atoms with E-state index in [1.54, 1.807) is 0 Å². The summed E-state index contributed by atoms with van der Waals surface area (Å²) in [6.07, 6.45) is 0.366.